The number of nitrogens with zero attached hydrogens (tertiary/aromatic N) is 5. The fraction of sp³-hybridized carbons (Fsp3) is 0.545. The molecule has 0 saturated carbocycles. The van der Waals surface area contributed by atoms with Crippen LogP contribution >= 0.6 is 0 Å². The second-order valence-corrected chi connectivity index (χ2v) is 12.2. The van der Waals surface area contributed by atoms with Crippen LogP contribution in [0.3, 0.4) is 0 Å². The van der Waals surface area contributed by atoms with Crippen LogP contribution in [0.1, 0.15) is 17.5 Å². The summed E-state index contributed by atoms with van der Waals surface area (Å²) in [5.41, 5.74) is 2.34. The Morgan fingerprint density at radius 3 is 2.04 bits per heavy atom. The lowest BCUT2D eigenvalue weighted by Gasteiger charge is -2.45. The molecule has 5 atom stereocenters. The van der Waals surface area contributed by atoms with Gasteiger partial charge in [-0.25, -0.2) is 4.79 Å². The summed E-state index contributed by atoms with van der Waals surface area (Å²) in [5, 5.41) is 43.7. The fourth-order valence-electron chi connectivity index (χ4n) is 6.27. The minimum absolute atomic E-state index is 0.153. The number of hydrogen-bond donors (Lipinski definition) is 4. The number of carboxylic acid groups (broad SMARTS) is 1. The Kier molecular flexibility index (Phi) is 12.0. The molecule has 13 heteroatoms. The standard InChI is InChI=1S/C17H21N3O5.C16H22N4O/c18-5-12-1-3-14(4-2-12)24-11-13(21)6-19-7-15-9-20(17(22)23)10-16(8-19)25-15;17-8-13-2-4-14(5-3-13)19-6-1-7-20-11-15-9-18-10-16(12-20)21-15/h1-4,13,15-16,21H,6-11H2,(H,22,23);2-5,15-16,18-19H,1,6-7,9-12H2/t13-,15?,16?;/m0./s1. The molecule has 2 aromatic carbocycles. The Labute approximate surface area is 269 Å². The van der Waals surface area contributed by atoms with Gasteiger partial charge in [-0.15, -0.1) is 0 Å². The molecular formula is C33H43N7O6. The first-order valence-electron chi connectivity index (χ1n) is 15.9. The third-order valence-corrected chi connectivity index (χ3v) is 8.37. The molecular weight excluding hydrogens is 590 g/mol. The van der Waals surface area contributed by atoms with Crippen LogP contribution in [0.4, 0.5) is 10.5 Å². The van der Waals surface area contributed by atoms with Crippen LogP contribution in [0.25, 0.3) is 0 Å². The van der Waals surface area contributed by atoms with Crippen molar-refractivity contribution in [1.82, 2.24) is 20.0 Å². The van der Waals surface area contributed by atoms with Crippen molar-refractivity contribution in [3.05, 3.63) is 59.7 Å². The summed E-state index contributed by atoms with van der Waals surface area (Å²) in [5.74, 6) is 0.606. The Hall–Kier alpha value is -3.95. The smallest absolute Gasteiger partial charge is 0.407 e. The van der Waals surface area contributed by atoms with Crippen molar-refractivity contribution in [2.24, 2.45) is 0 Å². The van der Waals surface area contributed by atoms with Gasteiger partial charge in [-0.3, -0.25) is 9.80 Å². The van der Waals surface area contributed by atoms with E-state index in [0.717, 1.165) is 51.4 Å². The summed E-state index contributed by atoms with van der Waals surface area (Å²) in [6.45, 7) is 8.62. The zero-order valence-electron chi connectivity index (χ0n) is 26.0. The van der Waals surface area contributed by atoms with Crippen molar-refractivity contribution in [3.8, 4) is 17.9 Å². The summed E-state index contributed by atoms with van der Waals surface area (Å²) in [4.78, 5) is 17.1. The number of β-amino-alcohol motifs (C(OH)–C–C–N with tert-alkyl or cyclic N) is 1. The van der Waals surface area contributed by atoms with E-state index in [1.807, 2.05) is 30.3 Å². The van der Waals surface area contributed by atoms with Crippen LogP contribution in [-0.4, -0.2) is 140 Å². The first-order valence-corrected chi connectivity index (χ1v) is 15.9. The van der Waals surface area contributed by atoms with Crippen molar-refractivity contribution in [1.29, 1.82) is 10.5 Å². The zero-order chi connectivity index (χ0) is 32.3. The van der Waals surface area contributed by atoms with Crippen LogP contribution in [0.15, 0.2) is 48.5 Å². The predicted octanol–water partition coefficient (Wildman–Crippen LogP) is 1.39. The number of nitriles is 2. The molecule has 0 aliphatic carbocycles. The summed E-state index contributed by atoms with van der Waals surface area (Å²) < 4.78 is 17.2. The second kappa shape index (κ2) is 16.6. The molecule has 4 heterocycles. The van der Waals surface area contributed by atoms with E-state index in [-0.39, 0.29) is 18.8 Å². The maximum absolute atomic E-state index is 11.1. The summed E-state index contributed by atoms with van der Waals surface area (Å²) in [6, 6.07) is 18.5. The normalized spacial score (nSPS) is 24.8. The fourth-order valence-corrected chi connectivity index (χ4v) is 6.27. The molecule has 1 amide bonds. The van der Waals surface area contributed by atoms with Gasteiger partial charge in [0.2, 0.25) is 0 Å². The molecule has 46 heavy (non-hydrogen) atoms. The van der Waals surface area contributed by atoms with Crippen LogP contribution in [0.5, 0.6) is 5.75 Å². The topological polar surface area (TPSA) is 167 Å². The number of aliphatic hydroxyl groups excluding tert-OH is 1. The van der Waals surface area contributed by atoms with Crippen LogP contribution in [0.2, 0.25) is 0 Å². The minimum atomic E-state index is -0.914. The van der Waals surface area contributed by atoms with E-state index in [2.05, 4.69) is 26.5 Å². The maximum Gasteiger partial charge on any atom is 0.407 e. The van der Waals surface area contributed by atoms with E-state index < -0.39 is 12.2 Å². The summed E-state index contributed by atoms with van der Waals surface area (Å²) >= 11 is 0. The number of aliphatic hydroxyl groups is 1. The number of hydrogen-bond acceptors (Lipinski definition) is 11. The number of fused-ring (bicyclic) bond motifs is 4. The molecule has 6 rings (SSSR count). The molecule has 13 nitrogen and oxygen atoms in total. The number of ether oxygens (including phenoxy) is 3. The van der Waals surface area contributed by atoms with E-state index in [9.17, 15) is 9.90 Å². The number of benzene rings is 2. The summed E-state index contributed by atoms with van der Waals surface area (Å²) in [7, 11) is 0. The second-order valence-electron chi connectivity index (χ2n) is 12.2. The molecule has 4 aliphatic rings. The highest BCUT2D eigenvalue weighted by Gasteiger charge is 2.37. The average molecular weight is 634 g/mol. The highest BCUT2D eigenvalue weighted by atomic mass is 16.5. The van der Waals surface area contributed by atoms with Gasteiger partial charge in [-0.1, -0.05) is 0 Å². The largest absolute Gasteiger partial charge is 0.491 e. The molecule has 0 aromatic heterocycles. The zero-order valence-corrected chi connectivity index (χ0v) is 26.0. The lowest BCUT2D eigenvalue weighted by molar-refractivity contribution is -0.136. The number of amides is 1. The monoisotopic (exact) mass is 633 g/mol. The van der Waals surface area contributed by atoms with Gasteiger partial charge in [0.25, 0.3) is 0 Å². The maximum atomic E-state index is 11.1. The number of rotatable bonds is 10. The molecule has 4 aliphatic heterocycles. The predicted molar refractivity (Wildman–Crippen MR) is 170 cm³/mol. The molecule has 2 aromatic rings. The van der Waals surface area contributed by atoms with Crippen LogP contribution < -0.4 is 15.4 Å². The molecule has 4 N–H and O–H groups in total. The van der Waals surface area contributed by atoms with E-state index in [4.69, 9.17) is 29.8 Å². The highest BCUT2D eigenvalue weighted by Crippen LogP contribution is 2.20. The van der Waals surface area contributed by atoms with Gasteiger partial charge in [-0.05, 0) is 55.0 Å². The van der Waals surface area contributed by atoms with E-state index >= 15 is 0 Å². The first-order chi connectivity index (χ1) is 22.4. The van der Waals surface area contributed by atoms with Crippen molar-refractivity contribution in [2.45, 2.75) is 36.9 Å². The van der Waals surface area contributed by atoms with Gasteiger partial charge in [0.15, 0.2) is 0 Å². The SMILES string of the molecule is N#Cc1ccc(NCCCN2CC3CNCC(C2)O3)cc1.N#Cc1ccc(OC[C@@H](O)CN2CC3CN(C(=O)O)CC(C2)O3)cc1. The lowest BCUT2D eigenvalue weighted by atomic mass is 10.1. The number of morpholine rings is 4. The van der Waals surface area contributed by atoms with Gasteiger partial charge in [0.05, 0.1) is 60.8 Å². The van der Waals surface area contributed by atoms with Crippen molar-refractivity contribution in [2.75, 3.05) is 83.9 Å². The molecule has 4 bridgehead atoms. The Morgan fingerprint density at radius 1 is 0.891 bits per heavy atom. The van der Waals surface area contributed by atoms with Gasteiger partial charge in [0, 0.05) is 64.6 Å². The first kappa shape index (κ1) is 33.4. The summed E-state index contributed by atoms with van der Waals surface area (Å²) in [6.07, 6.45) is -0.0431. The van der Waals surface area contributed by atoms with Gasteiger partial charge >= 0.3 is 6.09 Å². The molecule has 4 fully saturated rings. The molecule has 0 spiro atoms. The Morgan fingerprint density at radius 2 is 1.46 bits per heavy atom. The van der Waals surface area contributed by atoms with Gasteiger partial charge in [-0.2, -0.15) is 10.5 Å². The number of carbonyl (C=O) groups is 1. The van der Waals surface area contributed by atoms with Crippen molar-refractivity contribution < 1.29 is 29.2 Å². The quantitative estimate of drug-likeness (QED) is 0.278. The molecule has 246 valence electrons. The van der Waals surface area contributed by atoms with Crippen molar-refractivity contribution >= 4 is 11.8 Å². The Bertz CT molecular complexity index is 1320. The third kappa shape index (κ3) is 10.0. The molecule has 4 saturated heterocycles. The van der Waals surface area contributed by atoms with Gasteiger partial charge < -0.3 is 40.0 Å². The van der Waals surface area contributed by atoms with E-state index in [1.54, 1.807) is 24.3 Å². The van der Waals surface area contributed by atoms with Crippen LogP contribution in [0, 0.1) is 22.7 Å². The highest BCUT2D eigenvalue weighted by molar-refractivity contribution is 5.65. The Balaban J connectivity index is 0.000000184. The average Bonchev–Trinajstić information content (AvgIpc) is 3.06. The number of anilines is 1. The van der Waals surface area contributed by atoms with Crippen molar-refractivity contribution in [3.63, 3.8) is 0 Å². The van der Waals surface area contributed by atoms with Crippen LogP contribution in [-0.2, 0) is 9.47 Å². The number of nitrogens with one attached hydrogen (secondary N) is 2. The third-order valence-electron chi connectivity index (χ3n) is 8.37. The van der Waals surface area contributed by atoms with E-state index in [0.29, 0.717) is 61.8 Å². The lowest BCUT2D eigenvalue weighted by Crippen LogP contribution is -2.61. The molecule has 4 unspecified atom stereocenters. The minimum Gasteiger partial charge on any atom is -0.491 e. The molecule has 0 radical (unpaired) electrons. The van der Waals surface area contributed by atoms with Gasteiger partial charge in [0.1, 0.15) is 18.5 Å². The van der Waals surface area contributed by atoms with E-state index in [1.165, 1.54) is 4.90 Å².